The molecule has 1 aliphatic rings. The zero-order valence-electron chi connectivity index (χ0n) is 9.36. The number of nitrogens with one attached hydrogen (secondary N) is 1. The van der Waals surface area contributed by atoms with Gasteiger partial charge in [-0.3, -0.25) is 10.1 Å². The van der Waals surface area contributed by atoms with Gasteiger partial charge in [-0.15, -0.1) is 0 Å². The number of carbonyl (C=O) groups is 2. The Morgan fingerprint density at radius 3 is 2.72 bits per heavy atom. The van der Waals surface area contributed by atoms with Crippen LogP contribution in [0.3, 0.4) is 0 Å². The maximum Gasteiger partial charge on any atom is 1.00 e. The molecular weight excluding hydrogens is 255 g/mol. The molecule has 18 heavy (non-hydrogen) atoms. The van der Waals surface area contributed by atoms with Crippen molar-refractivity contribution in [2.24, 2.45) is 5.10 Å². The van der Waals surface area contributed by atoms with Gasteiger partial charge in [0.05, 0.1) is 17.2 Å². The fourth-order valence-corrected chi connectivity index (χ4v) is 1.17. The van der Waals surface area contributed by atoms with E-state index in [-0.39, 0.29) is 47.7 Å². The average Bonchev–Trinajstić information content (AvgIpc) is 2.82. The summed E-state index contributed by atoms with van der Waals surface area (Å²) in [4.78, 5) is 31.9. The van der Waals surface area contributed by atoms with Crippen LogP contribution in [-0.2, 0) is 4.79 Å². The molecule has 0 spiro atoms. The fourth-order valence-electron chi connectivity index (χ4n) is 1.17. The fraction of sp³-hybridized carbons (Fsp3) is 0.125. The van der Waals surface area contributed by atoms with Crippen molar-refractivity contribution in [2.45, 2.75) is 0 Å². The molecule has 0 saturated carbocycles. The first-order valence-electron chi connectivity index (χ1n) is 4.47. The van der Waals surface area contributed by atoms with Gasteiger partial charge in [0.1, 0.15) is 6.54 Å². The second-order valence-electron chi connectivity index (χ2n) is 3.10. The summed E-state index contributed by atoms with van der Waals surface area (Å²) in [6.45, 7) is -0.170. The Bertz CT molecular complexity index is 525. The van der Waals surface area contributed by atoms with Gasteiger partial charge in [0.15, 0.2) is 5.76 Å². The SMILES string of the molecule is O=C1CN(N=Cc2ccc([N+](=O)O)o2)C(=O)N1.[Na+]. The maximum atomic E-state index is 11.1. The number of hydrogen-bond acceptors (Lipinski definition) is 5. The van der Waals surface area contributed by atoms with Gasteiger partial charge in [0.25, 0.3) is 4.92 Å². The molecule has 10 heteroatoms. The van der Waals surface area contributed by atoms with E-state index in [1.54, 1.807) is 0 Å². The molecule has 1 saturated heterocycles. The summed E-state index contributed by atoms with van der Waals surface area (Å²) < 4.78 is 4.84. The van der Waals surface area contributed by atoms with Gasteiger partial charge in [0.2, 0.25) is 5.91 Å². The number of rotatable bonds is 3. The standard InChI is InChI=1S/C8H6N4O5.Na/c13-6-4-11(8(14)10-6)9-3-5-1-2-7(17-5)12(15)16;/h1-3H,4H2,(H-,10,13,14,15,16);/q;+1/p+1. The van der Waals surface area contributed by atoms with Crippen molar-refractivity contribution in [3.8, 4) is 0 Å². The van der Waals surface area contributed by atoms with Crippen LogP contribution in [0.1, 0.15) is 5.76 Å². The quantitative estimate of drug-likeness (QED) is 0.260. The van der Waals surface area contributed by atoms with Gasteiger partial charge in [-0.05, 0) is 6.07 Å². The molecule has 1 aromatic rings. The molecule has 1 aliphatic heterocycles. The first kappa shape index (κ1) is 14.4. The third-order valence-corrected chi connectivity index (χ3v) is 1.90. The van der Waals surface area contributed by atoms with Gasteiger partial charge in [-0.2, -0.15) is 5.10 Å². The number of furan rings is 1. The second kappa shape index (κ2) is 5.76. The third-order valence-electron chi connectivity index (χ3n) is 1.90. The smallest absolute Gasteiger partial charge is 0.397 e. The number of urea groups is 1. The van der Waals surface area contributed by atoms with E-state index in [1.165, 1.54) is 12.1 Å². The molecule has 2 rings (SSSR count). The van der Waals surface area contributed by atoms with Crippen LogP contribution in [0.25, 0.3) is 0 Å². The molecule has 0 bridgehead atoms. The molecule has 0 aliphatic carbocycles. The normalized spacial score (nSPS) is 14.8. The van der Waals surface area contributed by atoms with Crippen molar-refractivity contribution >= 4 is 24.0 Å². The Labute approximate surface area is 122 Å². The van der Waals surface area contributed by atoms with Crippen LogP contribution < -0.4 is 34.9 Å². The number of hydrazone groups is 1. The zero-order valence-corrected chi connectivity index (χ0v) is 11.4. The van der Waals surface area contributed by atoms with E-state index < -0.39 is 16.9 Å². The first-order chi connectivity index (χ1) is 8.06. The zero-order chi connectivity index (χ0) is 12.4. The van der Waals surface area contributed by atoms with Crippen LogP contribution >= 0.6 is 0 Å². The van der Waals surface area contributed by atoms with E-state index in [4.69, 9.17) is 9.62 Å². The first-order valence-corrected chi connectivity index (χ1v) is 4.47. The van der Waals surface area contributed by atoms with Crippen LogP contribution in [0.15, 0.2) is 21.7 Å². The van der Waals surface area contributed by atoms with Crippen LogP contribution in [-0.4, -0.2) is 39.8 Å². The molecule has 9 nitrogen and oxygen atoms in total. The summed E-state index contributed by atoms with van der Waals surface area (Å²) in [5, 5.41) is 15.1. The summed E-state index contributed by atoms with van der Waals surface area (Å²) in [5.41, 5.74) is 0. The molecular formula is C8H7N4NaO5+2. The number of nitrogens with zero attached hydrogens (tertiary/aromatic N) is 3. The second-order valence-corrected chi connectivity index (χ2v) is 3.10. The summed E-state index contributed by atoms with van der Waals surface area (Å²) in [6.07, 6.45) is 1.14. The van der Waals surface area contributed by atoms with Gasteiger partial charge in [-0.25, -0.2) is 15.0 Å². The van der Waals surface area contributed by atoms with Gasteiger partial charge < -0.3 is 4.42 Å². The third kappa shape index (κ3) is 3.15. The van der Waals surface area contributed by atoms with E-state index >= 15 is 0 Å². The van der Waals surface area contributed by atoms with Crippen molar-refractivity contribution in [3.63, 3.8) is 0 Å². The van der Waals surface area contributed by atoms with E-state index in [1.807, 2.05) is 5.32 Å². The Morgan fingerprint density at radius 2 is 2.22 bits per heavy atom. The molecule has 3 amide bonds. The minimum atomic E-state index is -0.634. The summed E-state index contributed by atoms with van der Waals surface area (Å²) in [7, 11) is 0. The van der Waals surface area contributed by atoms with Crippen molar-refractivity contribution in [3.05, 3.63) is 22.8 Å². The number of carbonyl (C=O) groups excluding carboxylic acids is 2. The topological polar surface area (TPSA) is 115 Å². The number of imide groups is 1. The van der Waals surface area contributed by atoms with E-state index in [9.17, 15) is 14.5 Å². The van der Waals surface area contributed by atoms with Crippen LogP contribution in [0, 0.1) is 4.91 Å². The Balaban J connectivity index is 0.00000162. The average molecular weight is 262 g/mol. The van der Waals surface area contributed by atoms with E-state index in [2.05, 4.69) is 5.10 Å². The van der Waals surface area contributed by atoms with Gasteiger partial charge in [0, 0.05) is 0 Å². The van der Waals surface area contributed by atoms with Crippen LogP contribution in [0.5, 0.6) is 0 Å². The molecule has 1 fully saturated rings. The van der Waals surface area contributed by atoms with Crippen molar-refractivity contribution in [1.82, 2.24) is 10.3 Å². The van der Waals surface area contributed by atoms with Crippen LogP contribution in [0.2, 0.25) is 0 Å². The van der Waals surface area contributed by atoms with E-state index in [0.29, 0.717) is 0 Å². The maximum absolute atomic E-state index is 11.1. The molecule has 2 N–H and O–H groups in total. The molecule has 0 atom stereocenters. The Hall–Kier alpha value is -1.71. The molecule has 0 unspecified atom stereocenters. The molecule has 0 radical (unpaired) electrons. The largest absolute Gasteiger partial charge is 1.00 e. The molecule has 1 aromatic heterocycles. The van der Waals surface area contributed by atoms with E-state index in [0.717, 1.165) is 11.2 Å². The minimum absolute atomic E-state index is 0. The number of hydrogen-bond donors (Lipinski definition) is 2. The van der Waals surface area contributed by atoms with Gasteiger partial charge in [-0.1, -0.05) is 0 Å². The Morgan fingerprint density at radius 1 is 1.50 bits per heavy atom. The molecule has 88 valence electrons. The van der Waals surface area contributed by atoms with Crippen LogP contribution in [0.4, 0.5) is 10.7 Å². The monoisotopic (exact) mass is 262 g/mol. The van der Waals surface area contributed by atoms with Gasteiger partial charge >= 0.3 is 41.5 Å². The number of amides is 3. The predicted molar refractivity (Wildman–Crippen MR) is 51.6 cm³/mol. The summed E-state index contributed by atoms with van der Waals surface area (Å²) >= 11 is 0. The summed E-state index contributed by atoms with van der Waals surface area (Å²) in [6, 6.07) is 1.96. The molecule has 0 aromatic carbocycles. The minimum Gasteiger partial charge on any atom is -0.397 e. The predicted octanol–water partition coefficient (Wildman–Crippen LogP) is -3.03. The molecule has 2 heterocycles. The van der Waals surface area contributed by atoms with Crippen molar-refractivity contribution in [2.75, 3.05) is 6.54 Å². The Kier molecular flexibility index (Phi) is 4.59. The summed E-state index contributed by atoms with van der Waals surface area (Å²) in [5.74, 6) is -0.608. The van der Waals surface area contributed by atoms with Crippen molar-refractivity contribution < 1.29 is 53.7 Å². The van der Waals surface area contributed by atoms with Crippen molar-refractivity contribution in [1.29, 1.82) is 0 Å².